The summed E-state index contributed by atoms with van der Waals surface area (Å²) >= 11 is 0. The van der Waals surface area contributed by atoms with Crippen LogP contribution in [0.2, 0.25) is 0 Å². The first-order valence-corrected chi connectivity index (χ1v) is 10.1. The van der Waals surface area contributed by atoms with Crippen LogP contribution in [0, 0.1) is 0 Å². The van der Waals surface area contributed by atoms with Crippen molar-refractivity contribution >= 4 is 35.7 Å². The van der Waals surface area contributed by atoms with Crippen LogP contribution in [0.5, 0.6) is 11.5 Å². The third kappa shape index (κ3) is 8.94. The molecule has 0 fully saturated rings. The van der Waals surface area contributed by atoms with Crippen LogP contribution in [0.1, 0.15) is 20.7 Å². The van der Waals surface area contributed by atoms with E-state index in [1.54, 1.807) is 0 Å². The maximum Gasteiger partial charge on any atom is 0.342 e. The predicted octanol–water partition coefficient (Wildman–Crippen LogP) is 0.594. The van der Waals surface area contributed by atoms with E-state index in [0.29, 0.717) is 0 Å². The maximum atomic E-state index is 12.4. The minimum atomic E-state index is -0.938. The average molecular weight is 496 g/mol. The summed E-state index contributed by atoms with van der Waals surface area (Å²) in [5.74, 6) is -5.57. The molecule has 0 atom stereocenters. The highest BCUT2D eigenvalue weighted by Gasteiger charge is 2.18. The van der Waals surface area contributed by atoms with Gasteiger partial charge in [-0.15, -0.1) is 0 Å². The van der Waals surface area contributed by atoms with Gasteiger partial charge in [-0.25, -0.2) is 19.2 Å². The Kier molecular flexibility index (Phi) is 10.1. The van der Waals surface area contributed by atoms with Crippen LogP contribution in [-0.2, 0) is 28.7 Å². The van der Waals surface area contributed by atoms with Crippen molar-refractivity contribution in [1.29, 1.82) is 0 Å². The van der Waals surface area contributed by atoms with Crippen molar-refractivity contribution < 1.29 is 47.7 Å². The lowest BCUT2D eigenvalue weighted by atomic mass is 10.2. The van der Waals surface area contributed by atoms with Crippen LogP contribution in [0.3, 0.4) is 0 Å². The van der Waals surface area contributed by atoms with Gasteiger partial charge in [0.05, 0.1) is 0 Å². The molecule has 4 N–H and O–H groups in total. The number of rotatable bonds is 11. The zero-order chi connectivity index (χ0) is 26.5. The Morgan fingerprint density at radius 2 is 0.944 bits per heavy atom. The number of ether oxygens (including phenoxy) is 4. The molecule has 0 bridgehead atoms. The van der Waals surface area contributed by atoms with Crippen molar-refractivity contribution in [2.75, 3.05) is 13.2 Å². The first kappa shape index (κ1) is 27.0. The molecule has 2 amide bonds. The molecule has 0 heterocycles. The molecule has 0 spiro atoms. The van der Waals surface area contributed by atoms with E-state index in [0.717, 1.165) is 24.3 Å². The Morgan fingerprint density at radius 1 is 0.583 bits per heavy atom. The van der Waals surface area contributed by atoms with Crippen LogP contribution < -0.4 is 20.9 Å². The minimum absolute atomic E-state index is 0.0917. The first-order valence-electron chi connectivity index (χ1n) is 10.1. The number of carbonyl (C=O) groups is 6. The van der Waals surface area contributed by atoms with Gasteiger partial charge < -0.3 is 30.4 Å². The number of esters is 4. The molecule has 2 rings (SSSR count). The number of primary amides is 2. The zero-order valence-electron chi connectivity index (χ0n) is 18.6. The van der Waals surface area contributed by atoms with Crippen LogP contribution >= 0.6 is 0 Å². The predicted molar refractivity (Wildman–Crippen MR) is 121 cm³/mol. The van der Waals surface area contributed by atoms with Gasteiger partial charge in [-0.2, -0.15) is 0 Å². The zero-order valence-corrected chi connectivity index (χ0v) is 18.6. The molecular formula is C24H20N2O10. The monoisotopic (exact) mass is 496 g/mol. The van der Waals surface area contributed by atoms with Crippen molar-refractivity contribution in [3.8, 4) is 11.5 Å². The molecule has 0 radical (unpaired) electrons. The Labute approximate surface area is 204 Å². The lowest BCUT2D eigenvalue weighted by Gasteiger charge is -2.11. The van der Waals surface area contributed by atoms with E-state index in [-0.39, 0.29) is 35.8 Å². The molecule has 36 heavy (non-hydrogen) atoms. The molecule has 2 aromatic rings. The van der Waals surface area contributed by atoms with Crippen molar-refractivity contribution in [1.82, 2.24) is 0 Å². The van der Waals surface area contributed by atoms with Crippen molar-refractivity contribution in [2.24, 2.45) is 11.5 Å². The molecule has 12 heteroatoms. The molecular weight excluding hydrogens is 476 g/mol. The number of hydrogen-bond acceptors (Lipinski definition) is 10. The Morgan fingerprint density at radius 3 is 1.31 bits per heavy atom. The highest BCUT2D eigenvalue weighted by Crippen LogP contribution is 2.21. The van der Waals surface area contributed by atoms with Crippen molar-refractivity contribution in [3.63, 3.8) is 0 Å². The molecule has 186 valence electrons. The van der Waals surface area contributed by atoms with Crippen LogP contribution in [0.4, 0.5) is 0 Å². The smallest absolute Gasteiger partial charge is 0.342 e. The second kappa shape index (κ2) is 13.4. The summed E-state index contributed by atoms with van der Waals surface area (Å²) in [5, 5.41) is 0. The number of hydrogen-bond donors (Lipinski definition) is 2. The second-order valence-electron chi connectivity index (χ2n) is 6.58. The fraction of sp³-hybridized carbons (Fsp3) is 0.0833. The van der Waals surface area contributed by atoms with Gasteiger partial charge in [-0.1, -0.05) is 24.3 Å². The van der Waals surface area contributed by atoms with Gasteiger partial charge in [-0.05, 0) is 24.3 Å². The number of benzene rings is 2. The Bertz CT molecular complexity index is 1140. The summed E-state index contributed by atoms with van der Waals surface area (Å²) in [4.78, 5) is 69.6. The summed E-state index contributed by atoms with van der Waals surface area (Å²) in [5.41, 5.74) is 9.63. The van der Waals surface area contributed by atoms with Gasteiger partial charge >= 0.3 is 23.9 Å². The molecule has 0 aliphatic heterocycles. The number of para-hydroxylation sites is 2. The lowest BCUT2D eigenvalue weighted by Crippen LogP contribution is -2.17. The molecule has 0 aliphatic rings. The number of carbonyl (C=O) groups excluding carboxylic acids is 6. The molecule has 0 aromatic heterocycles. The van der Waals surface area contributed by atoms with Crippen molar-refractivity contribution in [3.05, 3.63) is 84.0 Å². The number of amides is 2. The van der Waals surface area contributed by atoms with Crippen LogP contribution in [0.15, 0.2) is 72.8 Å². The Hall–Kier alpha value is -5.26. The maximum absolute atomic E-state index is 12.4. The summed E-state index contributed by atoms with van der Waals surface area (Å²) in [6, 6.07) is 11.4. The standard InChI is InChI=1S/C24H20N2O10/c25-19(27)9-11-21(29)35-17-7-3-1-5-15(17)23(31)33-13-14-34-24(32)16-6-2-4-8-18(16)36-22(30)12-10-20(26)28/h1-12H,13-14H2,(H2,25,27)(H2,26,28)/b11-9-,12-10-. The van der Waals surface area contributed by atoms with Gasteiger partial charge in [0.25, 0.3) is 0 Å². The molecule has 12 nitrogen and oxygen atoms in total. The fourth-order valence-electron chi connectivity index (χ4n) is 2.46. The van der Waals surface area contributed by atoms with Crippen molar-refractivity contribution in [2.45, 2.75) is 0 Å². The van der Waals surface area contributed by atoms with Crippen LogP contribution in [-0.4, -0.2) is 48.9 Å². The largest absolute Gasteiger partial charge is 0.458 e. The average Bonchev–Trinajstić information content (AvgIpc) is 2.84. The normalized spacial score (nSPS) is 10.6. The summed E-state index contributed by atoms with van der Waals surface area (Å²) in [7, 11) is 0. The summed E-state index contributed by atoms with van der Waals surface area (Å²) in [6.07, 6.45) is 3.20. The van der Waals surface area contributed by atoms with E-state index in [9.17, 15) is 28.8 Å². The van der Waals surface area contributed by atoms with E-state index < -0.39 is 35.7 Å². The highest BCUT2D eigenvalue weighted by molar-refractivity contribution is 5.98. The topological polar surface area (TPSA) is 191 Å². The van der Waals surface area contributed by atoms with Crippen LogP contribution in [0.25, 0.3) is 0 Å². The first-order chi connectivity index (χ1) is 17.2. The third-order valence-electron chi connectivity index (χ3n) is 3.95. The Balaban J connectivity index is 1.93. The van der Waals surface area contributed by atoms with E-state index in [1.165, 1.54) is 48.5 Å². The second-order valence-corrected chi connectivity index (χ2v) is 6.58. The molecule has 2 aromatic carbocycles. The number of nitrogens with two attached hydrogens (primary N) is 2. The molecule has 0 saturated carbocycles. The summed E-state index contributed by atoms with van der Waals surface area (Å²) in [6.45, 7) is -0.699. The SMILES string of the molecule is NC(=O)/C=C\C(=O)Oc1ccccc1C(=O)OCCOC(=O)c1ccccc1OC(=O)/C=C\C(N)=O. The lowest BCUT2D eigenvalue weighted by molar-refractivity contribution is -0.130. The van der Waals surface area contributed by atoms with Gasteiger partial charge in [0, 0.05) is 24.3 Å². The molecule has 0 saturated heterocycles. The van der Waals surface area contributed by atoms with Gasteiger partial charge in [-0.3, -0.25) is 9.59 Å². The molecule has 0 unspecified atom stereocenters. The van der Waals surface area contributed by atoms with Gasteiger partial charge in [0.1, 0.15) is 35.8 Å². The fourth-order valence-corrected chi connectivity index (χ4v) is 2.46. The summed E-state index contributed by atoms with van der Waals surface area (Å²) < 4.78 is 20.1. The third-order valence-corrected chi connectivity index (χ3v) is 3.95. The molecule has 0 aliphatic carbocycles. The van der Waals surface area contributed by atoms with E-state index in [4.69, 9.17) is 30.4 Å². The quantitative estimate of drug-likeness (QED) is 0.193. The van der Waals surface area contributed by atoms with Gasteiger partial charge in [0.15, 0.2) is 0 Å². The highest BCUT2D eigenvalue weighted by atomic mass is 16.6. The van der Waals surface area contributed by atoms with E-state index in [2.05, 4.69) is 0 Å². The van der Waals surface area contributed by atoms with E-state index >= 15 is 0 Å². The minimum Gasteiger partial charge on any atom is -0.458 e. The van der Waals surface area contributed by atoms with Gasteiger partial charge in [0.2, 0.25) is 11.8 Å². The van der Waals surface area contributed by atoms with E-state index in [1.807, 2.05) is 0 Å².